The fourth-order valence-corrected chi connectivity index (χ4v) is 3.03. The van der Waals surface area contributed by atoms with E-state index in [4.69, 9.17) is 23.2 Å². The molecule has 0 aliphatic rings. The van der Waals surface area contributed by atoms with E-state index in [0.717, 1.165) is 5.56 Å². The largest absolute Gasteiger partial charge is 0.434 e. The summed E-state index contributed by atoms with van der Waals surface area (Å²) in [6.07, 6.45) is 1.39. The van der Waals surface area contributed by atoms with E-state index in [2.05, 4.69) is 20.2 Å². The second-order valence-electron chi connectivity index (χ2n) is 4.95. The summed E-state index contributed by atoms with van der Waals surface area (Å²) in [7, 11) is 0. The minimum Gasteiger partial charge on any atom is -0.434 e. The van der Waals surface area contributed by atoms with Gasteiger partial charge in [0.2, 0.25) is 5.13 Å². The molecule has 0 bridgehead atoms. The van der Waals surface area contributed by atoms with Crippen molar-refractivity contribution in [2.45, 2.75) is 6.61 Å². The van der Waals surface area contributed by atoms with Gasteiger partial charge in [-0.25, -0.2) is 4.98 Å². The van der Waals surface area contributed by atoms with Gasteiger partial charge in [-0.15, -0.1) is 11.3 Å². The zero-order chi connectivity index (χ0) is 18.5. The van der Waals surface area contributed by atoms with Gasteiger partial charge in [0.25, 0.3) is 0 Å². The monoisotopic (exact) mass is 413 g/mol. The van der Waals surface area contributed by atoms with Crippen molar-refractivity contribution in [2.75, 3.05) is 5.43 Å². The summed E-state index contributed by atoms with van der Waals surface area (Å²) in [5.41, 5.74) is 4.72. The first-order valence-electron chi connectivity index (χ1n) is 7.27. The van der Waals surface area contributed by atoms with Crippen LogP contribution in [0.2, 0.25) is 10.0 Å². The van der Waals surface area contributed by atoms with Crippen LogP contribution in [0.25, 0.3) is 11.3 Å². The van der Waals surface area contributed by atoms with E-state index in [1.54, 1.807) is 30.3 Å². The van der Waals surface area contributed by atoms with Crippen molar-refractivity contribution in [2.24, 2.45) is 5.10 Å². The molecule has 0 saturated heterocycles. The number of anilines is 1. The fraction of sp³-hybridized carbons (Fsp3) is 0.0588. The molecule has 0 aliphatic carbocycles. The molecule has 0 radical (unpaired) electrons. The molecule has 0 atom stereocenters. The molecule has 0 spiro atoms. The SMILES string of the molecule is FC(F)Oc1ccccc1/C=N/Nc1nc(-c2ccc(Cl)c(Cl)c2)cs1. The van der Waals surface area contributed by atoms with Crippen LogP contribution in [-0.2, 0) is 0 Å². The molecule has 9 heteroatoms. The van der Waals surface area contributed by atoms with Gasteiger partial charge in [-0.2, -0.15) is 13.9 Å². The highest BCUT2D eigenvalue weighted by atomic mass is 35.5. The molecule has 0 unspecified atom stereocenters. The van der Waals surface area contributed by atoms with Crippen molar-refractivity contribution < 1.29 is 13.5 Å². The molecular formula is C17H11Cl2F2N3OS. The number of hydrogen-bond acceptors (Lipinski definition) is 5. The highest BCUT2D eigenvalue weighted by molar-refractivity contribution is 7.14. The van der Waals surface area contributed by atoms with Crippen molar-refractivity contribution in [1.82, 2.24) is 4.98 Å². The molecule has 3 aromatic rings. The summed E-state index contributed by atoms with van der Waals surface area (Å²) in [5.74, 6) is 0.0451. The lowest BCUT2D eigenvalue weighted by molar-refractivity contribution is -0.0499. The fourth-order valence-electron chi connectivity index (χ4n) is 2.06. The van der Waals surface area contributed by atoms with Crippen LogP contribution in [-0.4, -0.2) is 17.8 Å². The standard InChI is InChI=1S/C17H11Cl2F2N3OS/c18-12-6-5-10(7-13(12)19)14-9-26-17(23-14)24-22-8-11-3-1-2-4-15(11)25-16(20)21/h1-9,16H,(H,23,24)/b22-8+. The number of hydrazone groups is 1. The lowest BCUT2D eigenvalue weighted by Crippen LogP contribution is -2.04. The average Bonchev–Trinajstić information content (AvgIpc) is 3.07. The molecule has 3 rings (SSSR count). The van der Waals surface area contributed by atoms with Gasteiger partial charge in [0, 0.05) is 16.5 Å². The maximum atomic E-state index is 12.4. The third kappa shape index (κ3) is 4.69. The van der Waals surface area contributed by atoms with E-state index in [-0.39, 0.29) is 5.75 Å². The molecule has 1 N–H and O–H groups in total. The summed E-state index contributed by atoms with van der Waals surface area (Å²) >= 11 is 13.3. The summed E-state index contributed by atoms with van der Waals surface area (Å²) in [5, 5.41) is 7.31. The van der Waals surface area contributed by atoms with Gasteiger partial charge < -0.3 is 4.74 Å². The van der Waals surface area contributed by atoms with Crippen LogP contribution in [0.5, 0.6) is 5.75 Å². The number of ether oxygens (including phenoxy) is 1. The Bertz CT molecular complexity index is 934. The second kappa shape index (κ2) is 8.44. The first-order chi connectivity index (χ1) is 12.5. The predicted octanol–water partition coefficient (Wildman–Crippen LogP) is 6.16. The predicted molar refractivity (Wildman–Crippen MR) is 102 cm³/mol. The lowest BCUT2D eigenvalue weighted by atomic mass is 10.2. The minimum atomic E-state index is -2.90. The van der Waals surface area contributed by atoms with Crippen molar-refractivity contribution in [3.63, 3.8) is 0 Å². The van der Waals surface area contributed by atoms with Gasteiger partial charge in [0.1, 0.15) is 5.75 Å². The Hall–Kier alpha value is -2.22. The van der Waals surface area contributed by atoms with Crippen molar-refractivity contribution in [3.05, 3.63) is 63.5 Å². The van der Waals surface area contributed by atoms with Crippen LogP contribution < -0.4 is 10.2 Å². The summed E-state index contributed by atoms with van der Waals surface area (Å²) < 4.78 is 29.2. The summed E-state index contributed by atoms with van der Waals surface area (Å²) in [6.45, 7) is -2.90. The van der Waals surface area contributed by atoms with Gasteiger partial charge in [-0.05, 0) is 24.3 Å². The Morgan fingerprint density at radius 3 is 2.73 bits per heavy atom. The molecule has 1 heterocycles. The number of halogens is 4. The molecule has 0 fully saturated rings. The van der Waals surface area contributed by atoms with Crippen LogP contribution in [0.3, 0.4) is 0 Å². The van der Waals surface area contributed by atoms with Gasteiger partial charge in [0.15, 0.2) is 0 Å². The van der Waals surface area contributed by atoms with E-state index in [0.29, 0.717) is 26.4 Å². The van der Waals surface area contributed by atoms with Gasteiger partial charge >= 0.3 is 6.61 Å². The van der Waals surface area contributed by atoms with Gasteiger partial charge in [-0.1, -0.05) is 41.4 Å². The smallest absolute Gasteiger partial charge is 0.387 e. The molecule has 0 saturated carbocycles. The molecule has 26 heavy (non-hydrogen) atoms. The quantitative estimate of drug-likeness (QED) is 0.388. The molecule has 0 aliphatic heterocycles. The zero-order valence-electron chi connectivity index (χ0n) is 13.0. The average molecular weight is 414 g/mol. The third-order valence-electron chi connectivity index (χ3n) is 3.22. The van der Waals surface area contributed by atoms with Crippen LogP contribution >= 0.6 is 34.5 Å². The maximum Gasteiger partial charge on any atom is 0.387 e. The molecule has 1 aromatic heterocycles. The normalized spacial score (nSPS) is 11.3. The number of benzene rings is 2. The molecular weight excluding hydrogens is 403 g/mol. The third-order valence-corrected chi connectivity index (χ3v) is 4.70. The topological polar surface area (TPSA) is 46.5 Å². The molecule has 4 nitrogen and oxygen atoms in total. The van der Waals surface area contributed by atoms with E-state index >= 15 is 0 Å². The molecule has 134 valence electrons. The summed E-state index contributed by atoms with van der Waals surface area (Å²) in [6, 6.07) is 11.6. The first kappa shape index (κ1) is 18.6. The number of thiazole rings is 1. The molecule has 0 amide bonds. The maximum absolute atomic E-state index is 12.4. The number of para-hydroxylation sites is 1. The van der Waals surface area contributed by atoms with Crippen molar-refractivity contribution >= 4 is 45.9 Å². The Morgan fingerprint density at radius 2 is 1.96 bits per heavy atom. The van der Waals surface area contributed by atoms with E-state index in [1.165, 1.54) is 23.6 Å². The Balaban J connectivity index is 1.70. The van der Waals surface area contributed by atoms with Crippen LogP contribution in [0.15, 0.2) is 52.9 Å². The van der Waals surface area contributed by atoms with Crippen LogP contribution in [0.4, 0.5) is 13.9 Å². The number of aromatic nitrogens is 1. The number of nitrogens with zero attached hydrogens (tertiary/aromatic N) is 2. The van der Waals surface area contributed by atoms with E-state index in [1.807, 2.05) is 11.4 Å². The second-order valence-corrected chi connectivity index (χ2v) is 6.63. The Morgan fingerprint density at radius 1 is 1.15 bits per heavy atom. The number of rotatable bonds is 6. The number of nitrogens with one attached hydrogen (secondary N) is 1. The minimum absolute atomic E-state index is 0.0451. The Labute approximate surface area is 162 Å². The number of alkyl halides is 2. The summed E-state index contributed by atoms with van der Waals surface area (Å²) in [4.78, 5) is 4.39. The van der Waals surface area contributed by atoms with Crippen molar-refractivity contribution in [3.8, 4) is 17.0 Å². The zero-order valence-corrected chi connectivity index (χ0v) is 15.3. The lowest BCUT2D eigenvalue weighted by Gasteiger charge is -2.06. The Kier molecular flexibility index (Phi) is 6.03. The number of hydrogen-bond donors (Lipinski definition) is 1. The van der Waals surface area contributed by atoms with E-state index < -0.39 is 6.61 Å². The molecule has 2 aromatic carbocycles. The first-order valence-corrected chi connectivity index (χ1v) is 8.90. The van der Waals surface area contributed by atoms with Crippen molar-refractivity contribution in [1.29, 1.82) is 0 Å². The highest BCUT2D eigenvalue weighted by Crippen LogP contribution is 2.30. The van der Waals surface area contributed by atoms with Crippen LogP contribution in [0.1, 0.15) is 5.56 Å². The van der Waals surface area contributed by atoms with Gasteiger partial charge in [-0.3, -0.25) is 5.43 Å². The highest BCUT2D eigenvalue weighted by Gasteiger charge is 2.08. The van der Waals surface area contributed by atoms with Gasteiger partial charge in [0.05, 0.1) is 22.0 Å². The van der Waals surface area contributed by atoms with E-state index in [9.17, 15) is 8.78 Å². The van der Waals surface area contributed by atoms with Crippen LogP contribution in [0, 0.1) is 0 Å².